The second-order valence-corrected chi connectivity index (χ2v) is 6.35. The molecular weight excluding hydrogens is 374 g/mol. The van der Waals surface area contributed by atoms with Gasteiger partial charge in [0.05, 0.1) is 10.7 Å². The maximum Gasteiger partial charge on any atom is 0.270 e. The van der Waals surface area contributed by atoms with Crippen molar-refractivity contribution >= 4 is 29.3 Å². The van der Waals surface area contributed by atoms with Crippen LogP contribution in [0.1, 0.15) is 29.4 Å². The number of hydrogen-bond donors (Lipinski definition) is 3. The van der Waals surface area contributed by atoms with E-state index in [4.69, 9.17) is 0 Å². The first-order chi connectivity index (χ1) is 12.9. The van der Waals surface area contributed by atoms with Crippen LogP contribution in [-0.4, -0.2) is 32.5 Å². The van der Waals surface area contributed by atoms with E-state index < -0.39 is 16.7 Å². The molecule has 0 aliphatic heterocycles. The van der Waals surface area contributed by atoms with Crippen molar-refractivity contribution in [3.8, 4) is 0 Å². The summed E-state index contributed by atoms with van der Waals surface area (Å²) in [5.41, 5.74) is 4.54. The summed E-state index contributed by atoms with van der Waals surface area (Å²) >= 11 is 1.02. The number of carbonyl (C=O) groups excluding carboxylic acids is 2. The third-order valence-corrected chi connectivity index (χ3v) is 4.13. The molecule has 0 bridgehead atoms. The number of hydrazine groups is 1. The Labute approximate surface area is 157 Å². The highest BCUT2D eigenvalue weighted by Gasteiger charge is 2.12. The third-order valence-electron chi connectivity index (χ3n) is 3.25. The summed E-state index contributed by atoms with van der Waals surface area (Å²) in [5, 5.41) is 11.0. The maximum absolute atomic E-state index is 11.9. The summed E-state index contributed by atoms with van der Waals surface area (Å²) in [6, 6.07) is 6.52. The highest BCUT2D eigenvalue weighted by Crippen LogP contribution is 2.13. The fourth-order valence-electron chi connectivity index (χ4n) is 2.07. The van der Waals surface area contributed by atoms with Gasteiger partial charge in [-0.05, 0) is 12.5 Å². The Balaban J connectivity index is 1.87. The number of hydrogen-bond acceptors (Lipinski definition) is 7. The fraction of sp³-hybridized carbons (Fsp3) is 0.250. The molecule has 1 heterocycles. The van der Waals surface area contributed by atoms with Crippen molar-refractivity contribution in [2.24, 2.45) is 0 Å². The van der Waals surface area contributed by atoms with Gasteiger partial charge in [-0.2, -0.15) is 0 Å². The Hall–Kier alpha value is -3.21. The van der Waals surface area contributed by atoms with Gasteiger partial charge in [-0.1, -0.05) is 31.2 Å². The van der Waals surface area contributed by atoms with Crippen molar-refractivity contribution < 1.29 is 14.5 Å². The number of thioether (sulfide) groups is 1. The molecule has 2 rings (SSSR count). The van der Waals surface area contributed by atoms with Crippen molar-refractivity contribution in [3.05, 3.63) is 62.1 Å². The number of aryl methyl sites for hydroxylation is 1. The molecule has 0 radical (unpaired) electrons. The van der Waals surface area contributed by atoms with E-state index in [1.54, 1.807) is 0 Å². The number of H-pyrrole nitrogens is 1. The number of aromatic amines is 1. The smallest absolute Gasteiger partial charge is 0.270 e. The number of non-ortho nitro benzene ring substituents is 1. The van der Waals surface area contributed by atoms with Gasteiger partial charge in [0, 0.05) is 29.5 Å². The lowest BCUT2D eigenvalue weighted by Crippen LogP contribution is -2.42. The molecule has 0 saturated heterocycles. The molecule has 0 aliphatic rings. The van der Waals surface area contributed by atoms with Crippen LogP contribution in [0.4, 0.5) is 5.69 Å². The van der Waals surface area contributed by atoms with Crippen LogP contribution in [0, 0.1) is 10.1 Å². The topological polar surface area (TPSA) is 147 Å². The van der Waals surface area contributed by atoms with Gasteiger partial charge in [-0.15, -0.1) is 0 Å². The number of aromatic nitrogens is 2. The Morgan fingerprint density at radius 2 is 2.07 bits per heavy atom. The van der Waals surface area contributed by atoms with Crippen LogP contribution in [0.5, 0.6) is 0 Å². The van der Waals surface area contributed by atoms with Gasteiger partial charge >= 0.3 is 0 Å². The van der Waals surface area contributed by atoms with Crippen molar-refractivity contribution in [2.75, 3.05) is 5.75 Å². The first-order valence-corrected chi connectivity index (χ1v) is 8.94. The van der Waals surface area contributed by atoms with E-state index in [1.807, 2.05) is 6.92 Å². The van der Waals surface area contributed by atoms with E-state index in [1.165, 1.54) is 24.3 Å². The summed E-state index contributed by atoms with van der Waals surface area (Å²) < 4.78 is 0. The first-order valence-electron chi connectivity index (χ1n) is 7.95. The fourth-order valence-corrected chi connectivity index (χ4v) is 2.76. The van der Waals surface area contributed by atoms with E-state index >= 15 is 0 Å². The molecule has 0 unspecified atom stereocenters. The highest BCUT2D eigenvalue weighted by atomic mass is 32.2. The minimum atomic E-state index is -0.687. The van der Waals surface area contributed by atoms with Crippen molar-refractivity contribution in [1.29, 1.82) is 0 Å². The summed E-state index contributed by atoms with van der Waals surface area (Å²) in [7, 11) is 0. The van der Waals surface area contributed by atoms with Gasteiger partial charge < -0.3 is 4.98 Å². The van der Waals surface area contributed by atoms with Crippen LogP contribution in [0.2, 0.25) is 0 Å². The zero-order chi connectivity index (χ0) is 19.8. The second-order valence-electron chi connectivity index (χ2n) is 5.39. The van der Waals surface area contributed by atoms with Gasteiger partial charge in [0.1, 0.15) is 0 Å². The predicted octanol–water partition coefficient (Wildman–Crippen LogP) is 1.18. The summed E-state index contributed by atoms with van der Waals surface area (Å²) in [6.45, 7) is 1.97. The SMILES string of the molecule is CCCc1cc(=O)[nH]c(SCC(=O)NNC(=O)c2cccc([N+](=O)[O-])c2)n1. The van der Waals surface area contributed by atoms with E-state index in [-0.39, 0.29) is 22.6 Å². The number of nitro benzene ring substituents is 1. The molecule has 0 aliphatic carbocycles. The lowest BCUT2D eigenvalue weighted by Gasteiger charge is -2.07. The number of amides is 2. The molecule has 1 aromatic heterocycles. The van der Waals surface area contributed by atoms with Gasteiger partial charge in [-0.3, -0.25) is 35.3 Å². The quantitative estimate of drug-likeness (QED) is 0.278. The number of nitrogens with one attached hydrogen (secondary N) is 3. The molecule has 27 heavy (non-hydrogen) atoms. The molecule has 2 amide bonds. The zero-order valence-electron chi connectivity index (χ0n) is 14.4. The number of nitrogens with zero attached hydrogens (tertiary/aromatic N) is 2. The van der Waals surface area contributed by atoms with Gasteiger partial charge in [0.15, 0.2) is 5.16 Å². The summed E-state index contributed by atoms with van der Waals surface area (Å²) in [6.07, 6.45) is 1.49. The largest absolute Gasteiger partial charge is 0.301 e. The van der Waals surface area contributed by atoms with Crippen LogP contribution in [0.25, 0.3) is 0 Å². The molecule has 0 atom stereocenters. The second kappa shape index (κ2) is 9.48. The molecule has 0 fully saturated rings. The van der Waals surface area contributed by atoms with Crippen molar-refractivity contribution in [1.82, 2.24) is 20.8 Å². The molecule has 2 aromatic rings. The van der Waals surface area contributed by atoms with Gasteiger partial charge in [0.2, 0.25) is 5.91 Å². The predicted molar refractivity (Wildman–Crippen MR) is 98.3 cm³/mol. The molecule has 1 aromatic carbocycles. The molecule has 0 saturated carbocycles. The lowest BCUT2D eigenvalue weighted by molar-refractivity contribution is -0.384. The highest BCUT2D eigenvalue weighted by molar-refractivity contribution is 7.99. The minimum absolute atomic E-state index is 0.0374. The molecule has 3 N–H and O–H groups in total. The van der Waals surface area contributed by atoms with E-state index in [0.717, 1.165) is 24.2 Å². The number of rotatable bonds is 7. The van der Waals surface area contributed by atoms with Crippen LogP contribution < -0.4 is 16.4 Å². The average Bonchev–Trinajstić information content (AvgIpc) is 2.64. The average molecular weight is 391 g/mol. The minimum Gasteiger partial charge on any atom is -0.301 e. The molecule has 0 spiro atoms. The molecule has 10 nitrogen and oxygen atoms in total. The number of carbonyl (C=O) groups is 2. The van der Waals surface area contributed by atoms with Gasteiger partial charge in [0.25, 0.3) is 17.2 Å². The van der Waals surface area contributed by atoms with Crippen molar-refractivity contribution in [2.45, 2.75) is 24.9 Å². The Morgan fingerprint density at radius 3 is 2.78 bits per heavy atom. The van der Waals surface area contributed by atoms with Crippen LogP contribution in [-0.2, 0) is 11.2 Å². The Bertz CT molecular complexity index is 914. The van der Waals surface area contributed by atoms with Crippen LogP contribution in [0.3, 0.4) is 0 Å². The first kappa shape index (κ1) is 20.1. The van der Waals surface area contributed by atoms with Crippen molar-refractivity contribution in [3.63, 3.8) is 0 Å². The Kier molecular flexibility index (Phi) is 7.06. The van der Waals surface area contributed by atoms with Crippen LogP contribution in [0.15, 0.2) is 40.3 Å². The van der Waals surface area contributed by atoms with E-state index in [9.17, 15) is 24.5 Å². The number of benzene rings is 1. The molecule has 11 heteroatoms. The zero-order valence-corrected chi connectivity index (χ0v) is 15.2. The third kappa shape index (κ3) is 6.22. The summed E-state index contributed by atoms with van der Waals surface area (Å²) in [5.74, 6) is -1.30. The lowest BCUT2D eigenvalue weighted by atomic mass is 10.2. The van der Waals surface area contributed by atoms with Crippen LogP contribution >= 0.6 is 11.8 Å². The monoisotopic (exact) mass is 391 g/mol. The Morgan fingerprint density at radius 1 is 1.30 bits per heavy atom. The van der Waals surface area contributed by atoms with Gasteiger partial charge in [-0.25, -0.2) is 4.98 Å². The maximum atomic E-state index is 11.9. The van der Waals surface area contributed by atoms with E-state index in [2.05, 4.69) is 20.8 Å². The molecule has 142 valence electrons. The summed E-state index contributed by atoms with van der Waals surface area (Å²) in [4.78, 5) is 52.2. The number of nitro groups is 1. The standard InChI is InChI=1S/C16H17N5O5S/c1-2-4-11-8-13(22)18-16(17-11)27-9-14(23)19-20-15(24)10-5-3-6-12(7-10)21(25)26/h3,5-8H,2,4,9H2,1H3,(H,19,23)(H,20,24)(H,17,18,22). The normalized spacial score (nSPS) is 10.3. The van der Waals surface area contributed by atoms with E-state index in [0.29, 0.717) is 17.3 Å². The molecular formula is C16H17N5O5S.